The molecule has 9 nitrogen and oxygen atoms in total. The summed E-state index contributed by atoms with van der Waals surface area (Å²) in [5.74, 6) is -0.530. The van der Waals surface area contributed by atoms with E-state index >= 15 is 0 Å². The molecule has 0 radical (unpaired) electrons. The molecule has 0 unspecified atom stereocenters. The zero-order valence-electron chi connectivity index (χ0n) is 18.1. The van der Waals surface area contributed by atoms with Crippen LogP contribution in [0, 0.1) is 5.82 Å². The van der Waals surface area contributed by atoms with Crippen LogP contribution >= 0.6 is 0 Å². The van der Waals surface area contributed by atoms with Crippen molar-refractivity contribution in [3.05, 3.63) is 90.1 Å². The summed E-state index contributed by atoms with van der Waals surface area (Å²) in [6.45, 7) is 0. The van der Waals surface area contributed by atoms with E-state index in [0.717, 1.165) is 23.7 Å². The van der Waals surface area contributed by atoms with Crippen LogP contribution in [0.25, 0.3) is 0 Å². The SMILES string of the molecule is COc1ccc(Nc2ncc(F)c(Nc3ccc(Cc4ccncc4)cc3)n2)cc1S(N)(=O)=O. The first kappa shape index (κ1) is 23.1. The highest BCUT2D eigenvalue weighted by Crippen LogP contribution is 2.28. The van der Waals surface area contributed by atoms with Crippen LogP contribution in [0.5, 0.6) is 5.75 Å². The number of ether oxygens (including phenoxy) is 1. The van der Waals surface area contributed by atoms with Crippen LogP contribution in [0.4, 0.5) is 27.5 Å². The molecule has 0 atom stereocenters. The number of pyridine rings is 1. The maximum absolute atomic E-state index is 14.3. The van der Waals surface area contributed by atoms with Crippen LogP contribution in [-0.2, 0) is 16.4 Å². The average molecular weight is 481 g/mol. The van der Waals surface area contributed by atoms with Crippen molar-refractivity contribution in [2.24, 2.45) is 5.14 Å². The molecule has 4 aromatic rings. The molecule has 0 spiro atoms. The Morgan fingerprint density at radius 1 is 0.971 bits per heavy atom. The fraction of sp³-hybridized carbons (Fsp3) is 0.0870. The molecule has 174 valence electrons. The molecule has 34 heavy (non-hydrogen) atoms. The maximum Gasteiger partial charge on any atom is 0.241 e. The van der Waals surface area contributed by atoms with Crippen molar-refractivity contribution in [3.8, 4) is 5.75 Å². The first-order valence-corrected chi connectivity index (χ1v) is 11.6. The Hall–Kier alpha value is -4.09. The number of nitrogens with one attached hydrogen (secondary N) is 2. The molecule has 11 heteroatoms. The summed E-state index contributed by atoms with van der Waals surface area (Å²) < 4.78 is 43.0. The van der Waals surface area contributed by atoms with Gasteiger partial charge in [0.25, 0.3) is 0 Å². The molecule has 0 aliphatic rings. The van der Waals surface area contributed by atoms with Crippen LogP contribution in [0.1, 0.15) is 11.1 Å². The Labute approximate surface area is 195 Å². The predicted octanol–water partition coefficient (Wildman–Crippen LogP) is 3.74. The van der Waals surface area contributed by atoms with E-state index in [1.54, 1.807) is 18.5 Å². The van der Waals surface area contributed by atoms with Gasteiger partial charge in [-0.05, 0) is 60.0 Å². The summed E-state index contributed by atoms with van der Waals surface area (Å²) in [6, 6.07) is 15.7. The third-order valence-electron chi connectivity index (χ3n) is 4.84. The third kappa shape index (κ3) is 5.63. The Morgan fingerprint density at radius 3 is 2.32 bits per heavy atom. The normalized spacial score (nSPS) is 11.1. The number of hydrogen-bond donors (Lipinski definition) is 3. The van der Waals surface area contributed by atoms with Crippen LogP contribution in [0.2, 0.25) is 0 Å². The van der Waals surface area contributed by atoms with Crippen molar-refractivity contribution < 1.29 is 17.5 Å². The molecule has 2 aromatic carbocycles. The van der Waals surface area contributed by atoms with Crippen LogP contribution < -0.4 is 20.5 Å². The second kappa shape index (κ2) is 9.81. The van der Waals surface area contributed by atoms with E-state index < -0.39 is 15.8 Å². The van der Waals surface area contributed by atoms with Gasteiger partial charge in [-0.3, -0.25) is 4.98 Å². The van der Waals surface area contributed by atoms with E-state index in [-0.39, 0.29) is 22.4 Å². The van der Waals surface area contributed by atoms with E-state index in [1.807, 2.05) is 36.4 Å². The zero-order valence-corrected chi connectivity index (χ0v) is 18.9. The van der Waals surface area contributed by atoms with Gasteiger partial charge in [0, 0.05) is 23.8 Å². The average Bonchev–Trinajstić information content (AvgIpc) is 2.82. The standard InChI is InChI=1S/C23H21FN6O3S/c1-33-20-7-6-18(13-21(20)34(25,31)32)29-23-27-14-19(24)22(30-23)28-17-4-2-15(3-5-17)12-16-8-10-26-11-9-16/h2-11,13-14H,12H2,1H3,(H2,25,31,32)(H2,27,28,29,30). The van der Waals surface area contributed by atoms with Gasteiger partial charge >= 0.3 is 0 Å². The summed E-state index contributed by atoms with van der Waals surface area (Å²) in [5.41, 5.74) is 3.20. The van der Waals surface area contributed by atoms with Gasteiger partial charge in [-0.15, -0.1) is 0 Å². The molecular weight excluding hydrogens is 459 g/mol. The van der Waals surface area contributed by atoms with Crippen molar-refractivity contribution in [3.63, 3.8) is 0 Å². The number of nitrogens with two attached hydrogens (primary N) is 1. The second-order valence-corrected chi connectivity index (χ2v) is 8.81. The van der Waals surface area contributed by atoms with Gasteiger partial charge in [0.05, 0.1) is 13.3 Å². The summed E-state index contributed by atoms with van der Waals surface area (Å²) in [5, 5.41) is 11.0. The Balaban J connectivity index is 1.50. The van der Waals surface area contributed by atoms with Crippen molar-refractivity contribution in [2.75, 3.05) is 17.7 Å². The van der Waals surface area contributed by atoms with Crippen LogP contribution in [0.3, 0.4) is 0 Å². The lowest BCUT2D eigenvalue weighted by atomic mass is 10.1. The van der Waals surface area contributed by atoms with Crippen LogP contribution in [0.15, 0.2) is 78.1 Å². The number of aromatic nitrogens is 3. The Bertz CT molecular complexity index is 1400. The summed E-state index contributed by atoms with van der Waals surface area (Å²) in [6.07, 6.45) is 5.26. The minimum atomic E-state index is -4.02. The topological polar surface area (TPSA) is 132 Å². The molecular formula is C23H21FN6O3S. The summed E-state index contributed by atoms with van der Waals surface area (Å²) >= 11 is 0. The summed E-state index contributed by atoms with van der Waals surface area (Å²) in [4.78, 5) is 11.9. The van der Waals surface area contributed by atoms with Crippen molar-refractivity contribution >= 4 is 33.2 Å². The third-order valence-corrected chi connectivity index (χ3v) is 5.78. The van der Waals surface area contributed by atoms with Gasteiger partial charge in [-0.1, -0.05) is 12.1 Å². The fourth-order valence-corrected chi connectivity index (χ4v) is 3.92. The monoisotopic (exact) mass is 480 g/mol. The van der Waals surface area contributed by atoms with Crippen LogP contribution in [-0.4, -0.2) is 30.5 Å². The number of rotatable bonds is 8. The molecule has 4 rings (SSSR count). The molecule has 2 heterocycles. The first-order valence-electron chi connectivity index (χ1n) is 10.1. The predicted molar refractivity (Wildman–Crippen MR) is 126 cm³/mol. The minimum absolute atomic E-state index is 0.0421. The second-order valence-electron chi connectivity index (χ2n) is 7.28. The Kier molecular flexibility index (Phi) is 6.66. The van der Waals surface area contributed by atoms with E-state index in [0.29, 0.717) is 11.4 Å². The highest BCUT2D eigenvalue weighted by atomic mass is 32.2. The molecule has 0 fully saturated rings. The smallest absolute Gasteiger partial charge is 0.241 e. The lowest BCUT2D eigenvalue weighted by Gasteiger charge is -2.12. The number of nitrogens with zero attached hydrogens (tertiary/aromatic N) is 3. The lowest BCUT2D eigenvalue weighted by molar-refractivity contribution is 0.403. The van der Waals surface area contributed by atoms with Crippen molar-refractivity contribution in [1.29, 1.82) is 0 Å². The van der Waals surface area contributed by atoms with E-state index in [9.17, 15) is 12.8 Å². The van der Waals surface area contributed by atoms with Gasteiger partial charge in [0.1, 0.15) is 10.6 Å². The highest BCUT2D eigenvalue weighted by Gasteiger charge is 2.16. The molecule has 0 saturated heterocycles. The fourth-order valence-electron chi connectivity index (χ4n) is 3.20. The molecule has 4 N–H and O–H groups in total. The Morgan fingerprint density at radius 2 is 1.65 bits per heavy atom. The number of sulfonamides is 1. The quantitative estimate of drug-likeness (QED) is 0.347. The van der Waals surface area contributed by atoms with Gasteiger partial charge in [-0.2, -0.15) is 4.98 Å². The van der Waals surface area contributed by atoms with Gasteiger partial charge in [0.2, 0.25) is 16.0 Å². The molecule has 0 aliphatic heterocycles. The number of halogens is 1. The molecule has 0 bridgehead atoms. The summed E-state index contributed by atoms with van der Waals surface area (Å²) in [7, 11) is -2.68. The molecule has 0 aliphatic carbocycles. The van der Waals surface area contributed by atoms with Crippen molar-refractivity contribution in [2.45, 2.75) is 11.3 Å². The number of primary sulfonamides is 1. The number of methoxy groups -OCH3 is 1. The van der Waals surface area contributed by atoms with Crippen molar-refractivity contribution in [1.82, 2.24) is 15.0 Å². The minimum Gasteiger partial charge on any atom is -0.495 e. The highest BCUT2D eigenvalue weighted by molar-refractivity contribution is 7.89. The lowest BCUT2D eigenvalue weighted by Crippen LogP contribution is -2.14. The van der Waals surface area contributed by atoms with Gasteiger partial charge in [0.15, 0.2) is 11.6 Å². The largest absolute Gasteiger partial charge is 0.495 e. The maximum atomic E-state index is 14.3. The van der Waals surface area contributed by atoms with Gasteiger partial charge in [-0.25, -0.2) is 22.9 Å². The van der Waals surface area contributed by atoms with Gasteiger partial charge < -0.3 is 15.4 Å². The number of hydrogen-bond acceptors (Lipinski definition) is 8. The first-order chi connectivity index (χ1) is 16.3. The molecule has 0 amide bonds. The molecule has 0 saturated carbocycles. The number of anilines is 4. The number of benzene rings is 2. The van der Waals surface area contributed by atoms with E-state index in [1.165, 1.54) is 19.2 Å². The van der Waals surface area contributed by atoms with E-state index in [4.69, 9.17) is 9.88 Å². The zero-order chi connectivity index (χ0) is 24.1. The molecule has 2 aromatic heterocycles. The van der Waals surface area contributed by atoms with E-state index in [2.05, 4.69) is 25.6 Å².